The number of fused-ring (bicyclic) bond motifs is 6. The Labute approximate surface area is 212 Å². The molecule has 4 heteroatoms. The van der Waals surface area contributed by atoms with Crippen LogP contribution in [0, 0.1) is 44.3 Å². The molecule has 3 fully saturated rings. The van der Waals surface area contributed by atoms with Crippen LogP contribution in [-0.2, 0) is 14.3 Å². The van der Waals surface area contributed by atoms with Gasteiger partial charge >= 0.3 is 5.97 Å². The molecule has 0 heterocycles. The van der Waals surface area contributed by atoms with Gasteiger partial charge in [0.15, 0.2) is 0 Å². The number of ketones is 1. The van der Waals surface area contributed by atoms with E-state index in [1.54, 1.807) is 0 Å². The highest BCUT2D eigenvalue weighted by Crippen LogP contribution is 2.74. The maximum Gasteiger partial charge on any atom is 0.316 e. The number of hydrogen-bond acceptors (Lipinski definition) is 4. The molecule has 0 spiro atoms. The molecule has 5 aliphatic rings. The zero-order valence-corrected chi connectivity index (χ0v) is 23.2. The third-order valence-electron chi connectivity index (χ3n) is 12.5. The maximum atomic E-state index is 13.3. The summed E-state index contributed by atoms with van der Waals surface area (Å²) in [6.45, 7) is 16.1. The summed E-state index contributed by atoms with van der Waals surface area (Å²) in [5.41, 5.74) is 1.30. The number of aliphatic hydroxyl groups excluding tert-OH is 1. The number of carbonyl (C=O) groups is 2. The van der Waals surface area contributed by atoms with Crippen LogP contribution in [0.2, 0.25) is 0 Å². The molecule has 0 bridgehead atoms. The summed E-state index contributed by atoms with van der Waals surface area (Å²) in [5.74, 6) is 0.864. The summed E-state index contributed by atoms with van der Waals surface area (Å²) in [4.78, 5) is 26.5. The van der Waals surface area contributed by atoms with Gasteiger partial charge in [-0.2, -0.15) is 0 Å². The predicted octanol–water partition coefficient (Wildman–Crippen LogP) is 6.42. The fourth-order valence-corrected chi connectivity index (χ4v) is 9.94. The zero-order valence-electron chi connectivity index (χ0n) is 23.2. The standard InChI is InChI=1S/C31H46O4/c1-26(2)17-20-19-9-10-22-28(5)13-12-23(32)27(3,4)21(28)11-14-30(22,7)29(19,6)15-16-31(20,18-24(26)33)25(34)35-8/h9-10,21-23,32H,11-18H2,1-8H3/t21-,22+,23?,28-,29+,30+,31+/m0/s1. The molecule has 7 atom stereocenters. The van der Waals surface area contributed by atoms with Crippen molar-refractivity contribution >= 4 is 11.8 Å². The minimum Gasteiger partial charge on any atom is -0.468 e. The Kier molecular flexibility index (Phi) is 5.29. The van der Waals surface area contributed by atoms with Crippen molar-refractivity contribution in [3.8, 4) is 0 Å². The fourth-order valence-electron chi connectivity index (χ4n) is 9.94. The highest BCUT2D eigenvalue weighted by molar-refractivity contribution is 5.95. The van der Waals surface area contributed by atoms with E-state index >= 15 is 0 Å². The highest BCUT2D eigenvalue weighted by Gasteiger charge is 2.67. The van der Waals surface area contributed by atoms with Crippen LogP contribution in [0.3, 0.4) is 0 Å². The van der Waals surface area contributed by atoms with Crippen molar-refractivity contribution in [2.45, 2.75) is 106 Å². The van der Waals surface area contributed by atoms with Crippen LogP contribution in [0.15, 0.2) is 23.3 Å². The summed E-state index contributed by atoms with van der Waals surface area (Å²) in [6.07, 6.45) is 11.3. The van der Waals surface area contributed by atoms with Crippen LogP contribution in [0.1, 0.15) is 99.8 Å². The van der Waals surface area contributed by atoms with Crippen LogP contribution in [0.4, 0.5) is 0 Å². The summed E-state index contributed by atoms with van der Waals surface area (Å²) in [7, 11) is 1.47. The number of aliphatic hydroxyl groups is 1. The lowest BCUT2D eigenvalue weighted by atomic mass is 9.35. The Morgan fingerprint density at radius 1 is 0.971 bits per heavy atom. The van der Waals surface area contributed by atoms with Gasteiger partial charge < -0.3 is 9.84 Å². The van der Waals surface area contributed by atoms with E-state index in [2.05, 4.69) is 46.8 Å². The number of carbonyl (C=O) groups excluding carboxylic acids is 2. The summed E-state index contributed by atoms with van der Waals surface area (Å²) >= 11 is 0. The number of hydrogen-bond donors (Lipinski definition) is 1. The molecule has 0 radical (unpaired) electrons. The van der Waals surface area contributed by atoms with Gasteiger partial charge in [-0.25, -0.2) is 0 Å². The lowest BCUT2D eigenvalue weighted by molar-refractivity contribution is -0.184. The molecular weight excluding hydrogens is 436 g/mol. The topological polar surface area (TPSA) is 63.6 Å². The van der Waals surface area contributed by atoms with E-state index in [0.717, 1.165) is 32.1 Å². The minimum atomic E-state index is -0.804. The van der Waals surface area contributed by atoms with Gasteiger partial charge in [0.05, 0.1) is 18.6 Å². The first-order valence-electron chi connectivity index (χ1n) is 13.8. The molecule has 0 aliphatic heterocycles. The average molecular weight is 483 g/mol. The monoisotopic (exact) mass is 482 g/mol. The van der Waals surface area contributed by atoms with Gasteiger partial charge in [0.25, 0.3) is 0 Å². The number of ether oxygens (including phenoxy) is 1. The van der Waals surface area contributed by atoms with Crippen molar-refractivity contribution in [3.63, 3.8) is 0 Å². The average Bonchev–Trinajstić information content (AvgIpc) is 2.77. The Morgan fingerprint density at radius 2 is 1.66 bits per heavy atom. The van der Waals surface area contributed by atoms with Gasteiger partial charge in [-0.15, -0.1) is 0 Å². The Bertz CT molecular complexity index is 1030. The third-order valence-corrected chi connectivity index (χ3v) is 12.5. The third kappa shape index (κ3) is 2.95. The molecule has 0 saturated heterocycles. The van der Waals surface area contributed by atoms with Crippen LogP contribution < -0.4 is 0 Å². The second-order valence-corrected chi connectivity index (χ2v) is 14.7. The molecule has 194 valence electrons. The number of methoxy groups -OCH3 is 1. The van der Waals surface area contributed by atoms with Gasteiger partial charge in [0.1, 0.15) is 5.78 Å². The van der Waals surface area contributed by atoms with Crippen molar-refractivity contribution in [1.29, 1.82) is 0 Å². The van der Waals surface area contributed by atoms with Gasteiger partial charge in [0, 0.05) is 11.8 Å². The van der Waals surface area contributed by atoms with Gasteiger partial charge in [-0.1, -0.05) is 60.6 Å². The van der Waals surface area contributed by atoms with Crippen molar-refractivity contribution in [2.75, 3.05) is 7.11 Å². The minimum absolute atomic E-state index is 0.0517. The van der Waals surface area contributed by atoms with Gasteiger partial charge in [-0.05, 0) is 89.6 Å². The number of rotatable bonds is 1. The van der Waals surface area contributed by atoms with E-state index < -0.39 is 10.8 Å². The van der Waals surface area contributed by atoms with Gasteiger partial charge in [0.2, 0.25) is 0 Å². The molecule has 5 aliphatic carbocycles. The molecule has 3 saturated carbocycles. The molecule has 5 rings (SSSR count). The van der Waals surface area contributed by atoms with Crippen molar-refractivity contribution < 1.29 is 19.4 Å². The lowest BCUT2D eigenvalue weighted by Gasteiger charge is -2.69. The molecule has 0 amide bonds. The normalized spacial score (nSPS) is 47.8. The largest absolute Gasteiger partial charge is 0.468 e. The lowest BCUT2D eigenvalue weighted by Crippen LogP contribution is -2.63. The van der Waals surface area contributed by atoms with Crippen molar-refractivity contribution in [3.05, 3.63) is 23.3 Å². The summed E-state index contributed by atoms with van der Waals surface area (Å²) in [6, 6.07) is 0. The number of Topliss-reactive ketones (excluding diaryl/α,β-unsaturated/α-hetero) is 1. The first-order valence-corrected chi connectivity index (χ1v) is 13.8. The smallest absolute Gasteiger partial charge is 0.316 e. The first-order chi connectivity index (χ1) is 16.1. The van der Waals surface area contributed by atoms with Crippen LogP contribution in [0.25, 0.3) is 0 Å². The van der Waals surface area contributed by atoms with Gasteiger partial charge in [-0.3, -0.25) is 9.59 Å². The molecule has 0 aromatic rings. The van der Waals surface area contributed by atoms with Crippen LogP contribution in [-0.4, -0.2) is 30.1 Å². The van der Waals surface area contributed by atoms with Crippen LogP contribution in [0.5, 0.6) is 0 Å². The maximum absolute atomic E-state index is 13.3. The van der Waals surface area contributed by atoms with E-state index in [4.69, 9.17) is 4.74 Å². The molecular formula is C31H46O4. The second kappa shape index (κ2) is 7.33. The quantitative estimate of drug-likeness (QED) is 0.438. The molecule has 0 aromatic heterocycles. The Balaban J connectivity index is 1.69. The SMILES string of the molecule is COC(=O)[C@@]12CC[C@]3(C)C(=C1CC(C)(C)C(=O)C2)C=C[C@@H]1[C@@]2(C)CCC(O)C(C)(C)[C@@H]2CC[C@]13C. The second-order valence-electron chi connectivity index (χ2n) is 14.7. The van der Waals surface area contributed by atoms with E-state index in [9.17, 15) is 14.7 Å². The Morgan fingerprint density at radius 3 is 2.31 bits per heavy atom. The predicted molar refractivity (Wildman–Crippen MR) is 137 cm³/mol. The number of esters is 1. The summed E-state index contributed by atoms with van der Waals surface area (Å²) < 4.78 is 5.36. The van der Waals surface area contributed by atoms with E-state index in [1.165, 1.54) is 18.3 Å². The van der Waals surface area contributed by atoms with E-state index in [1.807, 2.05) is 13.8 Å². The van der Waals surface area contributed by atoms with Crippen LogP contribution >= 0.6 is 0 Å². The molecule has 4 nitrogen and oxygen atoms in total. The van der Waals surface area contributed by atoms with E-state index in [0.29, 0.717) is 24.7 Å². The zero-order chi connectivity index (χ0) is 25.8. The summed E-state index contributed by atoms with van der Waals surface area (Å²) in [5, 5.41) is 10.9. The number of allylic oxidation sites excluding steroid dienone is 3. The molecule has 0 aromatic carbocycles. The molecule has 1 unspecified atom stereocenters. The van der Waals surface area contributed by atoms with Crippen molar-refractivity contribution in [1.82, 2.24) is 0 Å². The Hall–Kier alpha value is -1.42. The molecule has 1 N–H and O–H groups in total. The van der Waals surface area contributed by atoms with Crippen molar-refractivity contribution in [2.24, 2.45) is 44.3 Å². The first kappa shape index (κ1) is 25.2. The fraction of sp³-hybridized carbons (Fsp3) is 0.806. The highest BCUT2D eigenvalue weighted by atomic mass is 16.5. The molecule has 35 heavy (non-hydrogen) atoms. The van der Waals surface area contributed by atoms with E-state index in [-0.39, 0.29) is 45.9 Å².